The highest BCUT2D eigenvalue weighted by atomic mass is 35.5. The molecule has 7 nitrogen and oxygen atoms in total. The second kappa shape index (κ2) is 7.74. The summed E-state index contributed by atoms with van der Waals surface area (Å²) in [5.74, 6) is 1.12. The molecule has 3 aromatic rings. The monoisotopic (exact) mass is 390 g/mol. The Morgan fingerprint density at radius 2 is 2.08 bits per heavy atom. The highest BCUT2D eigenvalue weighted by molar-refractivity contribution is 7.38. The molecule has 1 fully saturated rings. The zero-order chi connectivity index (χ0) is 17.9. The Morgan fingerprint density at radius 1 is 1.23 bits per heavy atom. The summed E-state index contributed by atoms with van der Waals surface area (Å²) in [7, 11) is 2.70. The van der Waals surface area contributed by atoms with Crippen LogP contribution in [0.15, 0.2) is 30.6 Å². The molecule has 3 heterocycles. The van der Waals surface area contributed by atoms with Gasteiger partial charge in [0.25, 0.3) is 0 Å². The van der Waals surface area contributed by atoms with Crippen molar-refractivity contribution in [1.82, 2.24) is 24.5 Å². The van der Waals surface area contributed by atoms with Crippen LogP contribution in [-0.2, 0) is 6.54 Å². The van der Waals surface area contributed by atoms with E-state index < -0.39 is 0 Å². The summed E-state index contributed by atoms with van der Waals surface area (Å²) >= 11 is 6.02. The molecule has 136 valence electrons. The van der Waals surface area contributed by atoms with Crippen molar-refractivity contribution in [2.24, 2.45) is 0 Å². The van der Waals surface area contributed by atoms with Crippen LogP contribution >= 0.6 is 20.2 Å². The molecule has 9 heteroatoms. The number of rotatable bonds is 5. The standard InChI is InChI=1S/C17H20ClN6OP/c1-25-15-8-12(18)2-3-14(15)21-17-20-10-16-19-9-13(24(16)22-17)11-23-4-6-26-7-5-23/h2-3,8-10,26H,4-7,11H2,1H3,(H,21,22). The Bertz CT molecular complexity index is 911. The molecule has 0 spiro atoms. The molecule has 1 N–H and O–H groups in total. The van der Waals surface area contributed by atoms with Crippen molar-refractivity contribution in [2.75, 3.05) is 37.8 Å². The lowest BCUT2D eigenvalue weighted by atomic mass is 10.3. The summed E-state index contributed by atoms with van der Waals surface area (Å²) in [6.07, 6.45) is 6.18. The van der Waals surface area contributed by atoms with Crippen molar-refractivity contribution in [2.45, 2.75) is 6.54 Å². The van der Waals surface area contributed by atoms with Crippen molar-refractivity contribution in [3.8, 4) is 5.75 Å². The topological polar surface area (TPSA) is 67.6 Å². The second-order valence-electron chi connectivity index (χ2n) is 6.10. The van der Waals surface area contributed by atoms with Crippen molar-refractivity contribution in [1.29, 1.82) is 0 Å². The maximum absolute atomic E-state index is 6.02. The number of imidazole rings is 1. The van der Waals surface area contributed by atoms with Crippen LogP contribution in [0.4, 0.5) is 11.6 Å². The van der Waals surface area contributed by atoms with E-state index in [4.69, 9.17) is 16.3 Å². The molecule has 1 aliphatic heterocycles. The summed E-state index contributed by atoms with van der Waals surface area (Å²) in [6.45, 7) is 3.14. The predicted molar refractivity (Wildman–Crippen MR) is 105 cm³/mol. The second-order valence-corrected chi connectivity index (χ2v) is 8.03. The van der Waals surface area contributed by atoms with Crippen molar-refractivity contribution in [3.63, 3.8) is 0 Å². The number of fused-ring (bicyclic) bond motifs is 1. The fraction of sp³-hybridized carbons (Fsp3) is 0.353. The van der Waals surface area contributed by atoms with Gasteiger partial charge >= 0.3 is 0 Å². The van der Waals surface area contributed by atoms with Crippen molar-refractivity contribution < 1.29 is 4.74 Å². The van der Waals surface area contributed by atoms with E-state index in [2.05, 4.69) is 25.3 Å². The van der Waals surface area contributed by atoms with Gasteiger partial charge in [-0.25, -0.2) is 14.5 Å². The number of aromatic nitrogens is 4. The van der Waals surface area contributed by atoms with Crippen LogP contribution < -0.4 is 10.1 Å². The van der Waals surface area contributed by atoms with Crippen molar-refractivity contribution in [3.05, 3.63) is 41.3 Å². The number of methoxy groups -OCH3 is 1. The Balaban J connectivity index is 1.59. The third-order valence-corrected chi connectivity index (χ3v) is 5.73. The van der Waals surface area contributed by atoms with Crippen LogP contribution in [0, 0.1) is 0 Å². The summed E-state index contributed by atoms with van der Waals surface area (Å²) < 4.78 is 7.22. The maximum atomic E-state index is 6.02. The van der Waals surface area contributed by atoms with Crippen molar-refractivity contribution >= 4 is 37.5 Å². The number of nitrogens with zero attached hydrogens (tertiary/aromatic N) is 5. The van der Waals surface area contributed by atoms with Gasteiger partial charge in [0.2, 0.25) is 5.95 Å². The van der Waals surface area contributed by atoms with Crippen LogP contribution in [0.2, 0.25) is 5.02 Å². The first-order valence-corrected chi connectivity index (χ1v) is 10.3. The number of ether oxygens (including phenoxy) is 1. The Labute approximate surface area is 158 Å². The molecule has 1 aliphatic rings. The number of halogens is 1. The molecule has 0 bridgehead atoms. The van der Waals surface area contributed by atoms with E-state index in [-0.39, 0.29) is 0 Å². The first-order chi connectivity index (χ1) is 12.7. The van der Waals surface area contributed by atoms with Gasteiger partial charge in [-0.3, -0.25) is 4.90 Å². The smallest absolute Gasteiger partial charge is 0.245 e. The molecule has 0 saturated carbocycles. The normalized spacial score (nSPS) is 15.3. The van der Waals surface area contributed by atoms with Gasteiger partial charge in [-0.2, -0.15) is 0 Å². The zero-order valence-electron chi connectivity index (χ0n) is 14.4. The Morgan fingerprint density at radius 3 is 2.88 bits per heavy atom. The third kappa shape index (κ3) is 3.75. The molecule has 26 heavy (non-hydrogen) atoms. The molecule has 2 aromatic heterocycles. The van der Waals surface area contributed by atoms with Gasteiger partial charge in [0.05, 0.1) is 30.9 Å². The van der Waals surface area contributed by atoms with E-state index in [1.54, 1.807) is 25.4 Å². The molecule has 0 unspecified atom stereocenters. The van der Waals surface area contributed by atoms with Crippen LogP contribution in [0.3, 0.4) is 0 Å². The van der Waals surface area contributed by atoms with E-state index >= 15 is 0 Å². The largest absolute Gasteiger partial charge is 0.495 e. The van der Waals surface area contributed by atoms with E-state index in [9.17, 15) is 0 Å². The SMILES string of the molecule is COc1cc(Cl)ccc1Nc1ncc2ncc(CN3CCPCC3)n2n1. The lowest BCUT2D eigenvalue weighted by Crippen LogP contribution is -2.31. The number of anilines is 2. The zero-order valence-corrected chi connectivity index (χ0v) is 16.2. The number of nitrogens with one attached hydrogen (secondary N) is 1. The van der Waals surface area contributed by atoms with Gasteiger partial charge in [-0.15, -0.1) is 13.7 Å². The molecule has 0 radical (unpaired) electrons. The maximum Gasteiger partial charge on any atom is 0.245 e. The quantitative estimate of drug-likeness (QED) is 0.675. The van der Waals surface area contributed by atoms with Gasteiger partial charge in [-0.05, 0) is 24.5 Å². The lowest BCUT2D eigenvalue weighted by Gasteiger charge is -2.25. The molecule has 0 amide bonds. The minimum Gasteiger partial charge on any atom is -0.495 e. The highest BCUT2D eigenvalue weighted by Crippen LogP contribution is 2.29. The predicted octanol–water partition coefficient (Wildman–Crippen LogP) is 3.02. The molecule has 0 aliphatic carbocycles. The van der Waals surface area contributed by atoms with Gasteiger partial charge in [0.1, 0.15) is 5.75 Å². The molecular formula is C17H20ClN6OP. The summed E-state index contributed by atoms with van der Waals surface area (Å²) in [6, 6.07) is 5.39. The lowest BCUT2D eigenvalue weighted by molar-refractivity contribution is 0.287. The first-order valence-electron chi connectivity index (χ1n) is 8.46. The van der Waals surface area contributed by atoms with Crippen LogP contribution in [0.25, 0.3) is 5.65 Å². The average Bonchev–Trinajstić information content (AvgIpc) is 3.06. The summed E-state index contributed by atoms with van der Waals surface area (Å²) in [5.41, 5.74) is 2.57. The van der Waals surface area contributed by atoms with E-state index in [0.29, 0.717) is 16.7 Å². The molecule has 1 saturated heterocycles. The molecule has 0 atom stereocenters. The van der Waals surface area contributed by atoms with Gasteiger partial charge in [0.15, 0.2) is 5.65 Å². The van der Waals surface area contributed by atoms with Crippen LogP contribution in [0.5, 0.6) is 5.75 Å². The third-order valence-electron chi connectivity index (χ3n) is 4.34. The number of hydrogen-bond donors (Lipinski definition) is 1. The average molecular weight is 391 g/mol. The fourth-order valence-corrected chi connectivity index (χ4v) is 4.35. The molecule has 4 rings (SSSR count). The Kier molecular flexibility index (Phi) is 5.20. The van der Waals surface area contributed by atoms with Gasteiger partial charge in [-0.1, -0.05) is 11.6 Å². The number of hydrogen-bond acceptors (Lipinski definition) is 6. The van der Waals surface area contributed by atoms with E-state index in [1.807, 2.05) is 16.8 Å². The summed E-state index contributed by atoms with van der Waals surface area (Å²) in [5, 5.41) is 8.42. The number of benzene rings is 1. The fourth-order valence-electron chi connectivity index (χ4n) is 2.99. The van der Waals surface area contributed by atoms with Crippen LogP contribution in [-0.4, -0.2) is 57.0 Å². The van der Waals surface area contributed by atoms with E-state index in [0.717, 1.165) is 45.2 Å². The van der Waals surface area contributed by atoms with Gasteiger partial charge in [0, 0.05) is 30.7 Å². The highest BCUT2D eigenvalue weighted by Gasteiger charge is 2.14. The Hall–Kier alpha value is -1.95. The molecular weight excluding hydrogens is 371 g/mol. The van der Waals surface area contributed by atoms with Gasteiger partial charge < -0.3 is 10.1 Å². The summed E-state index contributed by atoms with van der Waals surface area (Å²) in [4.78, 5) is 11.2. The van der Waals surface area contributed by atoms with Crippen LogP contribution in [0.1, 0.15) is 5.69 Å². The molecule has 1 aromatic carbocycles. The van der Waals surface area contributed by atoms with E-state index in [1.165, 1.54) is 12.3 Å². The first kappa shape index (κ1) is 17.5. The minimum absolute atomic E-state index is 0.484. The minimum atomic E-state index is 0.484.